The van der Waals surface area contributed by atoms with Crippen molar-refractivity contribution in [3.8, 4) is 0 Å². The standard InChI is InChI=1S/C15H17N3O2/c1-10(2)11-4-6-12(7-5-11)18-14-9-16-13(8-17-14)15(19)20-3/h4-10H,1-3H3,(H,17,18). The molecule has 2 aromatic rings. The maximum atomic E-state index is 11.2. The van der Waals surface area contributed by atoms with Gasteiger partial charge in [-0.25, -0.2) is 14.8 Å². The van der Waals surface area contributed by atoms with Gasteiger partial charge >= 0.3 is 5.97 Å². The van der Waals surface area contributed by atoms with Crippen LogP contribution in [0, 0.1) is 0 Å². The molecule has 1 heterocycles. The summed E-state index contributed by atoms with van der Waals surface area (Å²) in [6, 6.07) is 8.13. The molecule has 1 aromatic heterocycles. The maximum absolute atomic E-state index is 11.2. The molecular weight excluding hydrogens is 254 g/mol. The molecule has 0 radical (unpaired) electrons. The molecule has 104 valence electrons. The molecule has 0 saturated carbocycles. The Morgan fingerprint density at radius 2 is 1.85 bits per heavy atom. The Bertz CT molecular complexity index is 577. The summed E-state index contributed by atoms with van der Waals surface area (Å²) in [6.07, 6.45) is 2.89. The summed E-state index contributed by atoms with van der Waals surface area (Å²) < 4.78 is 4.57. The molecule has 0 aliphatic heterocycles. The van der Waals surface area contributed by atoms with E-state index in [-0.39, 0.29) is 5.69 Å². The fraction of sp³-hybridized carbons (Fsp3) is 0.267. The molecule has 0 unspecified atom stereocenters. The molecule has 20 heavy (non-hydrogen) atoms. The molecule has 5 heteroatoms. The molecule has 0 amide bonds. The zero-order valence-electron chi connectivity index (χ0n) is 11.8. The van der Waals surface area contributed by atoms with Crippen molar-refractivity contribution in [1.29, 1.82) is 0 Å². The van der Waals surface area contributed by atoms with Crippen LogP contribution in [0.1, 0.15) is 35.8 Å². The van der Waals surface area contributed by atoms with Gasteiger partial charge in [-0.05, 0) is 23.6 Å². The minimum absolute atomic E-state index is 0.188. The number of rotatable bonds is 4. The zero-order valence-corrected chi connectivity index (χ0v) is 11.8. The van der Waals surface area contributed by atoms with Crippen LogP contribution in [0.2, 0.25) is 0 Å². The van der Waals surface area contributed by atoms with Crippen molar-refractivity contribution in [1.82, 2.24) is 9.97 Å². The molecule has 5 nitrogen and oxygen atoms in total. The van der Waals surface area contributed by atoms with E-state index in [0.717, 1.165) is 5.69 Å². The largest absolute Gasteiger partial charge is 0.464 e. The Morgan fingerprint density at radius 3 is 2.35 bits per heavy atom. The number of benzene rings is 1. The number of nitrogens with zero attached hydrogens (tertiary/aromatic N) is 2. The summed E-state index contributed by atoms with van der Waals surface area (Å²) in [6.45, 7) is 4.30. The van der Waals surface area contributed by atoms with E-state index in [1.165, 1.54) is 25.1 Å². The summed E-state index contributed by atoms with van der Waals surface area (Å²) in [4.78, 5) is 19.4. The van der Waals surface area contributed by atoms with Crippen LogP contribution in [0.25, 0.3) is 0 Å². The predicted octanol–water partition coefficient (Wildman–Crippen LogP) is 3.13. The van der Waals surface area contributed by atoms with Gasteiger partial charge in [0.05, 0.1) is 19.5 Å². The fourth-order valence-electron chi connectivity index (χ4n) is 1.70. The van der Waals surface area contributed by atoms with Crippen LogP contribution in [0.3, 0.4) is 0 Å². The van der Waals surface area contributed by atoms with Gasteiger partial charge in [-0.1, -0.05) is 26.0 Å². The van der Waals surface area contributed by atoms with E-state index < -0.39 is 5.97 Å². The van der Waals surface area contributed by atoms with E-state index in [1.807, 2.05) is 12.1 Å². The van der Waals surface area contributed by atoms with Gasteiger partial charge in [-0.3, -0.25) is 0 Å². The third-order valence-corrected chi connectivity index (χ3v) is 2.90. The lowest BCUT2D eigenvalue weighted by molar-refractivity contribution is 0.0593. The van der Waals surface area contributed by atoms with E-state index in [1.54, 1.807) is 0 Å². The Kier molecular flexibility index (Phi) is 4.30. The first-order chi connectivity index (χ1) is 9.60. The van der Waals surface area contributed by atoms with Crippen LogP contribution in [0.4, 0.5) is 11.5 Å². The van der Waals surface area contributed by atoms with Gasteiger partial charge in [0.15, 0.2) is 5.69 Å². The van der Waals surface area contributed by atoms with Crippen molar-refractivity contribution in [2.45, 2.75) is 19.8 Å². The second kappa shape index (κ2) is 6.14. The highest BCUT2D eigenvalue weighted by Gasteiger charge is 2.07. The van der Waals surface area contributed by atoms with Crippen molar-refractivity contribution in [3.05, 3.63) is 47.9 Å². The topological polar surface area (TPSA) is 64.1 Å². The first-order valence-corrected chi connectivity index (χ1v) is 6.37. The SMILES string of the molecule is COC(=O)c1cnc(Nc2ccc(C(C)C)cc2)cn1. The molecule has 0 spiro atoms. The molecule has 1 N–H and O–H groups in total. The predicted molar refractivity (Wildman–Crippen MR) is 77.2 cm³/mol. The first-order valence-electron chi connectivity index (χ1n) is 6.37. The van der Waals surface area contributed by atoms with Crippen LogP contribution in [-0.2, 0) is 4.74 Å². The Hall–Kier alpha value is -2.43. The molecule has 1 aromatic carbocycles. The quantitative estimate of drug-likeness (QED) is 0.865. The van der Waals surface area contributed by atoms with Crippen LogP contribution < -0.4 is 5.32 Å². The summed E-state index contributed by atoms with van der Waals surface area (Å²) >= 11 is 0. The minimum Gasteiger partial charge on any atom is -0.464 e. The molecule has 0 aliphatic rings. The Labute approximate surface area is 118 Å². The van der Waals surface area contributed by atoms with Crippen LogP contribution >= 0.6 is 0 Å². The number of esters is 1. The average molecular weight is 271 g/mol. The lowest BCUT2D eigenvalue weighted by atomic mass is 10.0. The number of carbonyl (C=O) groups is 1. The van der Waals surface area contributed by atoms with E-state index in [4.69, 9.17) is 0 Å². The van der Waals surface area contributed by atoms with Crippen molar-refractivity contribution >= 4 is 17.5 Å². The van der Waals surface area contributed by atoms with Crippen molar-refractivity contribution < 1.29 is 9.53 Å². The smallest absolute Gasteiger partial charge is 0.358 e. The van der Waals surface area contributed by atoms with Crippen molar-refractivity contribution in [3.63, 3.8) is 0 Å². The highest BCUT2D eigenvalue weighted by Crippen LogP contribution is 2.19. The second-order valence-corrected chi connectivity index (χ2v) is 4.68. The second-order valence-electron chi connectivity index (χ2n) is 4.68. The van der Waals surface area contributed by atoms with E-state index >= 15 is 0 Å². The van der Waals surface area contributed by atoms with Gasteiger partial charge in [-0.2, -0.15) is 0 Å². The Morgan fingerprint density at radius 1 is 1.15 bits per heavy atom. The van der Waals surface area contributed by atoms with E-state index in [2.05, 4.69) is 46.0 Å². The first kappa shape index (κ1) is 14.0. The number of aromatic nitrogens is 2. The van der Waals surface area contributed by atoms with Gasteiger partial charge in [0.25, 0.3) is 0 Å². The number of methoxy groups -OCH3 is 1. The summed E-state index contributed by atoms with van der Waals surface area (Å²) in [7, 11) is 1.31. The summed E-state index contributed by atoms with van der Waals surface area (Å²) in [5.41, 5.74) is 2.39. The summed E-state index contributed by atoms with van der Waals surface area (Å²) in [5.74, 6) is 0.587. The maximum Gasteiger partial charge on any atom is 0.358 e. The third kappa shape index (κ3) is 3.32. The number of hydrogen-bond donors (Lipinski definition) is 1. The number of nitrogens with one attached hydrogen (secondary N) is 1. The van der Waals surface area contributed by atoms with Gasteiger partial charge in [0.1, 0.15) is 5.82 Å². The average Bonchev–Trinajstić information content (AvgIpc) is 2.48. The monoisotopic (exact) mass is 271 g/mol. The molecule has 0 atom stereocenters. The molecule has 0 bridgehead atoms. The number of carbonyl (C=O) groups excluding carboxylic acids is 1. The van der Waals surface area contributed by atoms with Gasteiger partial charge in [0, 0.05) is 5.69 Å². The van der Waals surface area contributed by atoms with Crippen LogP contribution in [-0.4, -0.2) is 23.0 Å². The molecule has 0 fully saturated rings. The van der Waals surface area contributed by atoms with Gasteiger partial charge < -0.3 is 10.1 Å². The number of anilines is 2. The molecule has 2 rings (SSSR count). The van der Waals surface area contributed by atoms with Crippen molar-refractivity contribution in [2.24, 2.45) is 0 Å². The van der Waals surface area contributed by atoms with Crippen LogP contribution in [0.5, 0.6) is 0 Å². The number of hydrogen-bond acceptors (Lipinski definition) is 5. The van der Waals surface area contributed by atoms with Crippen LogP contribution in [0.15, 0.2) is 36.7 Å². The third-order valence-electron chi connectivity index (χ3n) is 2.90. The molecular formula is C15H17N3O2. The molecule has 0 saturated heterocycles. The van der Waals surface area contributed by atoms with Gasteiger partial charge in [-0.15, -0.1) is 0 Å². The highest BCUT2D eigenvalue weighted by atomic mass is 16.5. The fourth-order valence-corrected chi connectivity index (χ4v) is 1.70. The van der Waals surface area contributed by atoms with Crippen molar-refractivity contribution in [2.75, 3.05) is 12.4 Å². The molecule has 0 aliphatic carbocycles. The Balaban J connectivity index is 2.08. The van der Waals surface area contributed by atoms with Gasteiger partial charge in [0.2, 0.25) is 0 Å². The van der Waals surface area contributed by atoms with E-state index in [0.29, 0.717) is 11.7 Å². The van der Waals surface area contributed by atoms with E-state index in [9.17, 15) is 4.79 Å². The normalized spacial score (nSPS) is 10.4. The zero-order chi connectivity index (χ0) is 14.5. The highest BCUT2D eigenvalue weighted by molar-refractivity contribution is 5.86. The minimum atomic E-state index is -0.495. The lowest BCUT2D eigenvalue weighted by Crippen LogP contribution is -2.05. The lowest BCUT2D eigenvalue weighted by Gasteiger charge is -2.08. The summed E-state index contributed by atoms with van der Waals surface area (Å²) in [5, 5.41) is 3.13. The number of ether oxygens (including phenoxy) is 1.